The number of rotatable bonds is 5. The first-order valence-electron chi connectivity index (χ1n) is 23.8. The molecule has 0 unspecified atom stereocenters. The summed E-state index contributed by atoms with van der Waals surface area (Å²) in [6.45, 7) is 0. The van der Waals surface area contributed by atoms with Crippen molar-refractivity contribution in [3.8, 4) is 22.3 Å². The van der Waals surface area contributed by atoms with Crippen LogP contribution in [0, 0.1) is 0 Å². The fourth-order valence-corrected chi connectivity index (χ4v) is 9.03. The molecule has 0 amide bonds. The van der Waals surface area contributed by atoms with E-state index in [1.807, 2.05) is 152 Å². The number of benzene rings is 12. The zero-order valence-corrected chi connectivity index (χ0v) is 31.7. The summed E-state index contributed by atoms with van der Waals surface area (Å²) < 4.78 is 78.4. The van der Waals surface area contributed by atoms with Crippen LogP contribution in [0.4, 0.5) is 17.1 Å². The molecule has 0 aliphatic heterocycles. The molecule has 0 fully saturated rings. The predicted octanol–water partition coefficient (Wildman–Crippen LogP) is 16.6. The average Bonchev–Trinajstić information content (AvgIpc) is 3.37. The van der Waals surface area contributed by atoms with Crippen LogP contribution >= 0.6 is 0 Å². The van der Waals surface area contributed by atoms with Gasteiger partial charge in [0.05, 0.1) is 11.0 Å². The normalized spacial score (nSPS) is 13.6. The highest BCUT2D eigenvalue weighted by atomic mass is 15.1. The highest BCUT2D eigenvalue weighted by Crippen LogP contribution is 2.43. The van der Waals surface area contributed by atoms with Crippen molar-refractivity contribution in [3.63, 3.8) is 0 Å². The maximum Gasteiger partial charge on any atom is 0.0645 e. The lowest BCUT2D eigenvalue weighted by Crippen LogP contribution is -2.10. The van der Waals surface area contributed by atoms with E-state index in [4.69, 9.17) is 0 Å². The predicted molar refractivity (Wildman–Crippen MR) is 255 cm³/mol. The first-order valence-corrected chi connectivity index (χ1v) is 19.8. The zero-order valence-electron chi connectivity index (χ0n) is 39.7. The third-order valence-electron chi connectivity index (χ3n) is 11.7. The molecule has 59 heavy (non-hydrogen) atoms. The number of anilines is 3. The van der Waals surface area contributed by atoms with E-state index in [2.05, 4.69) is 18.2 Å². The van der Waals surface area contributed by atoms with Crippen molar-refractivity contribution in [2.24, 2.45) is 0 Å². The van der Waals surface area contributed by atoms with Crippen molar-refractivity contribution in [2.45, 2.75) is 0 Å². The van der Waals surface area contributed by atoms with Crippen LogP contribution in [-0.2, 0) is 0 Å². The van der Waals surface area contributed by atoms with Gasteiger partial charge in [-0.15, -0.1) is 0 Å². The van der Waals surface area contributed by atoms with Gasteiger partial charge in [-0.05, 0) is 146 Å². The van der Waals surface area contributed by atoms with Gasteiger partial charge in [0.25, 0.3) is 0 Å². The van der Waals surface area contributed by atoms with Gasteiger partial charge in [0.15, 0.2) is 0 Å². The molecule has 0 heterocycles. The van der Waals surface area contributed by atoms with Crippen LogP contribution in [0.2, 0.25) is 0 Å². The summed E-state index contributed by atoms with van der Waals surface area (Å²) in [5.74, 6) is 0. The second kappa shape index (κ2) is 13.4. The molecule has 1 nitrogen and oxygen atoms in total. The van der Waals surface area contributed by atoms with Gasteiger partial charge in [0.2, 0.25) is 0 Å². The highest BCUT2D eigenvalue weighted by molar-refractivity contribution is 6.26. The minimum absolute atomic E-state index is 0.120. The second-order valence-corrected chi connectivity index (χ2v) is 15.0. The van der Waals surface area contributed by atoms with Gasteiger partial charge in [-0.25, -0.2) is 0 Å². The summed E-state index contributed by atoms with van der Waals surface area (Å²) >= 11 is 0. The molecule has 0 aromatic heterocycles. The summed E-state index contributed by atoms with van der Waals surface area (Å²) in [5, 5.41) is 13.0. The van der Waals surface area contributed by atoms with E-state index in [0.717, 1.165) is 75.4 Å². The molecule has 12 aromatic rings. The van der Waals surface area contributed by atoms with E-state index < -0.39 is 24.2 Å². The maximum atomic E-state index is 9.87. The van der Waals surface area contributed by atoms with E-state index >= 15 is 0 Å². The molecular formula is C58H37N. The molecule has 0 atom stereocenters. The lowest BCUT2D eigenvalue weighted by molar-refractivity contribution is 1.29. The molecule has 0 aliphatic carbocycles. The minimum atomic E-state index is -0.391. The molecule has 12 aromatic carbocycles. The zero-order chi connectivity index (χ0) is 45.8. The Kier molecular flexibility index (Phi) is 5.98. The Morgan fingerprint density at radius 2 is 0.576 bits per heavy atom. The van der Waals surface area contributed by atoms with Crippen LogP contribution in [0.1, 0.15) is 11.0 Å². The average molecular weight is 756 g/mol. The molecule has 12 rings (SSSR count). The molecule has 0 bridgehead atoms. The van der Waals surface area contributed by atoms with Crippen LogP contribution in [-0.4, -0.2) is 0 Å². The summed E-state index contributed by atoms with van der Waals surface area (Å²) in [5.41, 5.74) is 1.29. The standard InChI is InChI=1S/C58H37N/c1-3-15-45-40(13-1)35-56(52-22-10-5-17-47(45)52)38-25-29-42(30-26-38)59(44-33-34-55-51-21-8-7-19-49(51)50-20-9-12-24-54(50)58(55)37-44)43-31-27-39(28-32-43)57-36-41-14-2-4-16-46(41)48-18-6-11-23-53(48)57/h1-37H/i25D,26D,27D,28D,29D,30D,31D,32D. The number of nitrogens with zero attached hydrogens (tertiary/aromatic N) is 1. The SMILES string of the molecule is [2H]c1c([2H])c(N(c2ccc3c4ccccc4c4ccccc4c3c2)c2c([2H])c([2H])c(-c3cc4ccccc4c4ccccc34)c([2H])c2[2H])c([2H])c([2H])c1-c1cc2ccccc2c2ccccc12. The van der Waals surface area contributed by atoms with Crippen molar-refractivity contribution in [1.82, 2.24) is 0 Å². The van der Waals surface area contributed by atoms with Crippen molar-refractivity contribution in [1.29, 1.82) is 0 Å². The third kappa shape index (κ3) is 5.40. The van der Waals surface area contributed by atoms with Gasteiger partial charge in [0, 0.05) is 17.1 Å². The smallest absolute Gasteiger partial charge is 0.0645 e. The lowest BCUT2D eigenvalue weighted by Gasteiger charge is -2.27. The van der Waals surface area contributed by atoms with Crippen molar-refractivity contribution in [2.75, 3.05) is 4.90 Å². The van der Waals surface area contributed by atoms with E-state index in [-0.39, 0.29) is 46.7 Å². The maximum absolute atomic E-state index is 9.87. The Balaban J connectivity index is 1.17. The summed E-state index contributed by atoms with van der Waals surface area (Å²) in [7, 11) is 0. The molecular weight excluding hydrogens is 711 g/mol. The summed E-state index contributed by atoms with van der Waals surface area (Å²) in [6, 6.07) is 54.2. The topological polar surface area (TPSA) is 3.24 Å². The van der Waals surface area contributed by atoms with Crippen molar-refractivity contribution >= 4 is 92.5 Å². The minimum Gasteiger partial charge on any atom is -0.310 e. The van der Waals surface area contributed by atoms with E-state index in [1.54, 1.807) is 6.07 Å². The van der Waals surface area contributed by atoms with E-state index in [1.165, 1.54) is 4.90 Å². The fraction of sp³-hybridized carbons (Fsp3) is 0. The number of hydrogen-bond donors (Lipinski definition) is 0. The number of fused-ring (bicyclic) bond motifs is 12. The first kappa shape index (κ1) is 26.2. The van der Waals surface area contributed by atoms with E-state index in [0.29, 0.717) is 16.8 Å². The van der Waals surface area contributed by atoms with Crippen LogP contribution in [0.5, 0.6) is 0 Å². The fourth-order valence-electron chi connectivity index (χ4n) is 9.03. The molecule has 0 spiro atoms. The molecule has 1 heteroatoms. The molecule has 0 radical (unpaired) electrons. The Morgan fingerprint density at radius 1 is 0.254 bits per heavy atom. The van der Waals surface area contributed by atoms with Crippen LogP contribution < -0.4 is 4.90 Å². The van der Waals surface area contributed by atoms with Crippen LogP contribution in [0.3, 0.4) is 0 Å². The molecule has 0 aliphatic rings. The Bertz CT molecular complexity index is 3830. The van der Waals surface area contributed by atoms with Gasteiger partial charge in [0.1, 0.15) is 0 Å². The van der Waals surface area contributed by atoms with Crippen LogP contribution in [0.25, 0.3) is 97.7 Å². The van der Waals surface area contributed by atoms with Gasteiger partial charge >= 0.3 is 0 Å². The highest BCUT2D eigenvalue weighted by Gasteiger charge is 2.18. The lowest BCUT2D eigenvalue weighted by atomic mass is 9.92. The third-order valence-corrected chi connectivity index (χ3v) is 11.7. The molecule has 0 saturated heterocycles. The van der Waals surface area contributed by atoms with Gasteiger partial charge in [-0.3, -0.25) is 0 Å². The van der Waals surface area contributed by atoms with Gasteiger partial charge in [-0.1, -0.05) is 176 Å². The summed E-state index contributed by atoms with van der Waals surface area (Å²) in [6.07, 6.45) is 0. The second-order valence-electron chi connectivity index (χ2n) is 15.0. The quantitative estimate of drug-likeness (QED) is 0.158. The molecule has 0 N–H and O–H groups in total. The first-order chi connectivity index (χ1) is 32.6. The van der Waals surface area contributed by atoms with Gasteiger partial charge < -0.3 is 4.90 Å². The van der Waals surface area contributed by atoms with Gasteiger partial charge in [-0.2, -0.15) is 0 Å². The van der Waals surface area contributed by atoms with Crippen molar-refractivity contribution < 1.29 is 11.0 Å². The molecule has 274 valence electrons. The molecule has 0 saturated carbocycles. The summed E-state index contributed by atoms with van der Waals surface area (Å²) in [4.78, 5) is 1.41. The van der Waals surface area contributed by atoms with E-state index in [9.17, 15) is 11.0 Å². The Morgan fingerprint density at radius 3 is 1.00 bits per heavy atom. The number of hydrogen-bond acceptors (Lipinski definition) is 1. The largest absolute Gasteiger partial charge is 0.310 e. The Hall–Kier alpha value is -7.74. The monoisotopic (exact) mass is 755 g/mol. The Labute approximate surface area is 353 Å². The van der Waals surface area contributed by atoms with Crippen LogP contribution in [0.15, 0.2) is 224 Å². The van der Waals surface area contributed by atoms with Crippen molar-refractivity contribution in [3.05, 3.63) is 224 Å².